The van der Waals surface area contributed by atoms with Crippen LogP contribution in [-0.4, -0.2) is 97.5 Å². The van der Waals surface area contributed by atoms with Crippen LogP contribution in [0, 0.1) is 0 Å². The number of anilines is 1. The van der Waals surface area contributed by atoms with Crippen LogP contribution in [0.1, 0.15) is 27.2 Å². The van der Waals surface area contributed by atoms with Crippen LogP contribution in [0.15, 0.2) is 124 Å². The zero-order valence-electron chi connectivity index (χ0n) is 31.4. The van der Waals surface area contributed by atoms with Crippen LogP contribution in [0.25, 0.3) is 0 Å². The third kappa shape index (κ3) is 10.2. The summed E-state index contributed by atoms with van der Waals surface area (Å²) in [5, 5.41) is 10.2. The van der Waals surface area contributed by atoms with E-state index in [2.05, 4.69) is 55.3 Å². The van der Waals surface area contributed by atoms with E-state index in [0.29, 0.717) is 45.4 Å². The van der Waals surface area contributed by atoms with Crippen LogP contribution in [0.2, 0.25) is 5.04 Å². The molecule has 5 rings (SSSR count). The zero-order chi connectivity index (χ0) is 40.8. The van der Waals surface area contributed by atoms with Gasteiger partial charge >= 0.3 is 5.51 Å². The van der Waals surface area contributed by atoms with Gasteiger partial charge in [0.25, 0.3) is 18.2 Å². The molecule has 1 saturated heterocycles. The topological polar surface area (TPSA) is 139 Å². The first-order chi connectivity index (χ1) is 26.3. The van der Waals surface area contributed by atoms with E-state index in [1.807, 2.05) is 66.7 Å². The summed E-state index contributed by atoms with van der Waals surface area (Å²) < 4.78 is 97.7. The molecule has 1 atom stereocenters. The Hall–Kier alpha value is -3.71. The van der Waals surface area contributed by atoms with Gasteiger partial charge in [-0.1, -0.05) is 99.6 Å². The van der Waals surface area contributed by atoms with Crippen LogP contribution < -0.4 is 20.8 Å². The number of alkyl halides is 3. The number of carbonyl (C=O) groups excluding carboxylic acids is 1. The number of nitrogens with zero attached hydrogens (tertiary/aromatic N) is 2. The third-order valence-electron chi connectivity index (χ3n) is 9.72. The van der Waals surface area contributed by atoms with Gasteiger partial charge in [0.1, 0.15) is 4.90 Å². The number of primary sulfonamides is 1. The molecular formula is C39H47F3N4O6S3Si. The Morgan fingerprint density at radius 1 is 0.839 bits per heavy atom. The Morgan fingerprint density at radius 3 is 1.88 bits per heavy atom. The number of hydrogen-bond acceptors (Lipinski definition) is 9. The minimum absolute atomic E-state index is 0.167. The summed E-state index contributed by atoms with van der Waals surface area (Å²) in [5.41, 5.74) is -6.22. The third-order valence-corrected chi connectivity index (χ3v) is 18.4. The fourth-order valence-corrected chi connectivity index (χ4v) is 13.9. The number of sulfonamides is 1. The molecular weight excluding hydrogens is 802 g/mol. The van der Waals surface area contributed by atoms with E-state index in [1.54, 1.807) is 4.90 Å². The summed E-state index contributed by atoms with van der Waals surface area (Å²) in [5.74, 6) is -0.0849. The van der Waals surface area contributed by atoms with Crippen molar-refractivity contribution in [3.05, 3.63) is 109 Å². The first kappa shape index (κ1) is 43.4. The van der Waals surface area contributed by atoms with E-state index in [9.17, 15) is 34.8 Å². The average Bonchev–Trinajstić information content (AvgIpc) is 3.15. The van der Waals surface area contributed by atoms with Gasteiger partial charge in [-0.25, -0.2) is 22.0 Å². The fraction of sp³-hybridized carbons (Fsp3) is 0.359. The zero-order valence-corrected chi connectivity index (χ0v) is 34.9. The van der Waals surface area contributed by atoms with Crippen molar-refractivity contribution in [2.24, 2.45) is 5.14 Å². The van der Waals surface area contributed by atoms with Crippen LogP contribution in [0.4, 0.5) is 18.9 Å². The van der Waals surface area contributed by atoms with Gasteiger partial charge in [0, 0.05) is 62.4 Å². The largest absolute Gasteiger partial charge is 0.501 e. The van der Waals surface area contributed by atoms with Crippen molar-refractivity contribution in [2.45, 2.75) is 58.5 Å². The number of piperazine rings is 1. The molecule has 0 aromatic heterocycles. The van der Waals surface area contributed by atoms with Crippen molar-refractivity contribution in [1.29, 1.82) is 0 Å². The number of carbonyl (C=O) groups is 1. The number of nitrogens with one attached hydrogen (secondary N) is 1. The van der Waals surface area contributed by atoms with Gasteiger partial charge in [-0.2, -0.15) is 13.2 Å². The van der Waals surface area contributed by atoms with E-state index in [0.717, 1.165) is 17.0 Å². The van der Waals surface area contributed by atoms with Crippen LogP contribution in [-0.2, 0) is 29.1 Å². The summed E-state index contributed by atoms with van der Waals surface area (Å²) in [7, 11) is -13.3. The number of amides is 1. The molecule has 0 aliphatic carbocycles. The Balaban J connectivity index is 1.29. The van der Waals surface area contributed by atoms with Gasteiger partial charge in [-0.3, -0.25) is 9.69 Å². The Bertz CT molecular complexity index is 2110. The first-order valence-corrected chi connectivity index (χ1v) is 23.9. The number of halogens is 3. The van der Waals surface area contributed by atoms with Crippen molar-refractivity contribution in [2.75, 3.05) is 50.4 Å². The lowest BCUT2D eigenvalue weighted by atomic mass is 10.1. The minimum atomic E-state index is -6.01. The van der Waals surface area contributed by atoms with Gasteiger partial charge in [-0.05, 0) is 45.7 Å². The number of hydrogen-bond donors (Lipinski definition) is 2. The Morgan fingerprint density at radius 2 is 1.38 bits per heavy atom. The van der Waals surface area contributed by atoms with Crippen molar-refractivity contribution in [1.82, 2.24) is 9.80 Å². The minimum Gasteiger partial charge on any atom is -0.406 e. The highest BCUT2D eigenvalue weighted by atomic mass is 32.2. The summed E-state index contributed by atoms with van der Waals surface area (Å²) in [4.78, 5) is 16.4. The lowest BCUT2D eigenvalue weighted by molar-refractivity contribution is -0.133. The Kier molecular flexibility index (Phi) is 13.8. The number of sulfone groups is 1. The lowest BCUT2D eigenvalue weighted by Gasteiger charge is -2.43. The van der Waals surface area contributed by atoms with Crippen molar-refractivity contribution >= 4 is 61.9 Å². The van der Waals surface area contributed by atoms with Crippen molar-refractivity contribution in [3.8, 4) is 0 Å². The maximum Gasteiger partial charge on any atom is 0.501 e. The van der Waals surface area contributed by atoms with Crippen LogP contribution in [0.5, 0.6) is 0 Å². The summed E-state index contributed by atoms with van der Waals surface area (Å²) >= 11 is 1.33. The van der Waals surface area contributed by atoms with Crippen molar-refractivity contribution in [3.63, 3.8) is 0 Å². The monoisotopic (exact) mass is 848 g/mol. The molecule has 17 heteroatoms. The van der Waals surface area contributed by atoms with Crippen LogP contribution in [0.3, 0.4) is 0 Å². The highest BCUT2D eigenvalue weighted by molar-refractivity contribution is 7.99. The maximum absolute atomic E-state index is 13.8. The van der Waals surface area contributed by atoms with Gasteiger partial charge in [0.2, 0.25) is 15.9 Å². The number of nitrogens with two attached hydrogens (primary N) is 1. The standard InChI is InChI=1S/C39H47F3N4O6S3Si/c1-38(2,3)56(33-15-9-5-10-16-33,34-17-11-6-12-18-34)52-26-25-45-21-23-46(24-22-45)37(47)27-30(29-53-31-13-7-4-8-14-31)44-35-20-19-32(55(43,50)51)28-36(35)54(48,49)39(40,41)42/h4-20,28,30,44H,21-27,29H2,1-3H3,(H2,43,50,51)/t30-/m1/s1. The van der Waals surface area contributed by atoms with Crippen molar-refractivity contribution < 1.29 is 39.2 Å². The normalized spacial score (nSPS) is 15.4. The highest BCUT2D eigenvalue weighted by Gasteiger charge is 2.50. The van der Waals surface area contributed by atoms with Crippen LogP contribution >= 0.6 is 11.8 Å². The van der Waals surface area contributed by atoms with Gasteiger partial charge in [-0.15, -0.1) is 11.8 Å². The average molecular weight is 849 g/mol. The predicted molar refractivity (Wildman–Crippen MR) is 217 cm³/mol. The summed E-state index contributed by atoms with van der Waals surface area (Å²) in [6.07, 6.45) is -0.167. The molecule has 1 amide bonds. The molecule has 56 heavy (non-hydrogen) atoms. The molecule has 0 spiro atoms. The van der Waals surface area contributed by atoms with E-state index >= 15 is 0 Å². The molecule has 1 fully saturated rings. The molecule has 1 aliphatic heterocycles. The fourth-order valence-electron chi connectivity index (χ4n) is 6.88. The Labute approximate surface area is 332 Å². The number of rotatable bonds is 15. The molecule has 0 bridgehead atoms. The molecule has 10 nitrogen and oxygen atoms in total. The van der Waals surface area contributed by atoms with E-state index in [1.165, 1.54) is 22.1 Å². The molecule has 0 unspecified atom stereocenters. The SMILES string of the molecule is CC(C)(C)[Si](OCCN1CCN(C(=O)C[C@H](CSc2ccccc2)Nc2ccc(S(N)(=O)=O)cc2S(=O)(=O)C(F)(F)F)CC1)(c1ccccc1)c1ccccc1. The molecule has 4 aromatic carbocycles. The second kappa shape index (κ2) is 17.8. The summed E-state index contributed by atoms with van der Waals surface area (Å²) in [6, 6.07) is 31.3. The van der Waals surface area contributed by atoms with Gasteiger partial charge < -0.3 is 14.6 Å². The van der Waals surface area contributed by atoms with Gasteiger partial charge in [0.05, 0.1) is 10.6 Å². The maximum atomic E-state index is 13.8. The number of benzene rings is 4. The van der Waals surface area contributed by atoms with E-state index in [-0.39, 0.29) is 23.1 Å². The second-order valence-corrected chi connectivity index (χ2v) is 23.4. The smallest absolute Gasteiger partial charge is 0.406 e. The molecule has 0 saturated carbocycles. The second-order valence-electron chi connectivity index (χ2n) is 14.6. The van der Waals surface area contributed by atoms with E-state index < -0.39 is 55.2 Å². The summed E-state index contributed by atoms with van der Waals surface area (Å²) in [6.45, 7) is 9.78. The lowest BCUT2D eigenvalue weighted by Crippen LogP contribution is -2.67. The molecule has 1 heterocycles. The van der Waals surface area contributed by atoms with E-state index in [4.69, 9.17) is 9.56 Å². The highest BCUT2D eigenvalue weighted by Crippen LogP contribution is 2.38. The quantitative estimate of drug-likeness (QED) is 0.120. The molecule has 0 radical (unpaired) electrons. The molecule has 4 aromatic rings. The molecule has 1 aliphatic rings. The van der Waals surface area contributed by atoms with Gasteiger partial charge in [0.15, 0.2) is 0 Å². The molecule has 302 valence electrons. The number of thioether (sulfide) groups is 1. The first-order valence-electron chi connectivity index (χ1n) is 18.0. The predicted octanol–water partition coefficient (Wildman–Crippen LogP) is 5.31. The molecule has 3 N–H and O–H groups in total.